The maximum atomic E-state index is 14.9. The average Bonchev–Trinajstić information content (AvgIpc) is 3.57. The van der Waals surface area contributed by atoms with Crippen molar-refractivity contribution < 1.29 is 13.9 Å². The average molecular weight is 490 g/mol. The van der Waals surface area contributed by atoms with Crippen molar-refractivity contribution in [1.29, 1.82) is 0 Å². The van der Waals surface area contributed by atoms with Crippen LogP contribution in [-0.2, 0) is 11.2 Å². The molecule has 36 heavy (non-hydrogen) atoms. The Balaban J connectivity index is 1.42. The lowest BCUT2D eigenvalue weighted by Gasteiger charge is -2.14. The highest BCUT2D eigenvalue weighted by Crippen LogP contribution is 2.31. The largest absolute Gasteiger partial charge is 0.383 e. The Bertz CT molecular complexity index is 1430. The van der Waals surface area contributed by atoms with E-state index in [9.17, 15) is 9.18 Å². The minimum atomic E-state index is -0.605. The number of amides is 1. The minimum Gasteiger partial charge on any atom is -0.383 e. The van der Waals surface area contributed by atoms with Crippen LogP contribution in [0.4, 0.5) is 10.2 Å². The van der Waals surface area contributed by atoms with Gasteiger partial charge in [0.1, 0.15) is 23.2 Å². The van der Waals surface area contributed by atoms with Crippen molar-refractivity contribution in [2.45, 2.75) is 45.6 Å². The second kappa shape index (κ2) is 9.62. The number of pyridine rings is 1. The van der Waals surface area contributed by atoms with Crippen LogP contribution in [0.2, 0.25) is 0 Å². The normalized spacial score (nSPS) is 14.9. The quantitative estimate of drug-likeness (QED) is 0.411. The van der Waals surface area contributed by atoms with E-state index in [1.807, 2.05) is 21.4 Å². The van der Waals surface area contributed by atoms with Crippen molar-refractivity contribution in [3.05, 3.63) is 71.3 Å². The molecule has 10 heteroatoms. The predicted octanol–water partition coefficient (Wildman–Crippen LogP) is 4.48. The number of fused-ring (bicyclic) bond motifs is 1. The Labute approximate surface area is 208 Å². The first-order valence-electron chi connectivity index (χ1n) is 11.9. The Morgan fingerprint density at radius 3 is 2.86 bits per heavy atom. The van der Waals surface area contributed by atoms with Crippen molar-refractivity contribution in [1.82, 2.24) is 29.3 Å². The van der Waals surface area contributed by atoms with Gasteiger partial charge in [-0.25, -0.2) is 14.4 Å². The lowest BCUT2D eigenvalue weighted by molar-refractivity contribution is 0.102. The second-order valence-electron chi connectivity index (χ2n) is 9.30. The van der Waals surface area contributed by atoms with E-state index in [0.29, 0.717) is 35.2 Å². The SMILES string of the molecule is COC[C@@H]1CCc2nnc(-c3cccc(NC(=O)c4cc(-n5cnc(C(C)C)c5)c(C)cc4F)n3)n21. The first kappa shape index (κ1) is 23.8. The van der Waals surface area contributed by atoms with E-state index < -0.39 is 11.7 Å². The van der Waals surface area contributed by atoms with Crippen molar-refractivity contribution in [3.8, 4) is 17.2 Å². The fourth-order valence-corrected chi connectivity index (χ4v) is 4.52. The van der Waals surface area contributed by atoms with E-state index in [-0.39, 0.29) is 17.5 Å². The summed E-state index contributed by atoms with van der Waals surface area (Å²) >= 11 is 0. The van der Waals surface area contributed by atoms with Gasteiger partial charge in [0, 0.05) is 19.7 Å². The monoisotopic (exact) mass is 489 g/mol. The summed E-state index contributed by atoms with van der Waals surface area (Å²) < 4.78 is 24.1. The number of carbonyl (C=O) groups excluding carboxylic acids is 1. The van der Waals surface area contributed by atoms with Gasteiger partial charge in [-0.15, -0.1) is 10.2 Å². The van der Waals surface area contributed by atoms with Crippen molar-refractivity contribution in [3.63, 3.8) is 0 Å². The van der Waals surface area contributed by atoms with Gasteiger partial charge < -0.3 is 19.2 Å². The third-order valence-corrected chi connectivity index (χ3v) is 6.41. The number of aromatic nitrogens is 6. The number of methoxy groups -OCH3 is 1. The molecule has 4 aromatic rings. The smallest absolute Gasteiger partial charge is 0.259 e. The van der Waals surface area contributed by atoms with Crippen LogP contribution >= 0.6 is 0 Å². The number of rotatable bonds is 7. The van der Waals surface area contributed by atoms with Crippen LogP contribution in [0.5, 0.6) is 0 Å². The number of ether oxygens (including phenoxy) is 1. The Hall–Kier alpha value is -3.92. The zero-order valence-electron chi connectivity index (χ0n) is 20.7. The number of hydrogen-bond donors (Lipinski definition) is 1. The number of anilines is 1. The summed E-state index contributed by atoms with van der Waals surface area (Å²) in [6.07, 6.45) is 5.32. The Kier molecular flexibility index (Phi) is 6.36. The van der Waals surface area contributed by atoms with E-state index in [4.69, 9.17) is 4.74 Å². The highest BCUT2D eigenvalue weighted by atomic mass is 19.1. The van der Waals surface area contributed by atoms with Crippen molar-refractivity contribution in [2.24, 2.45) is 0 Å². The molecule has 0 aliphatic carbocycles. The maximum absolute atomic E-state index is 14.9. The van der Waals surface area contributed by atoms with Crippen LogP contribution < -0.4 is 5.32 Å². The molecule has 0 spiro atoms. The Morgan fingerprint density at radius 1 is 1.28 bits per heavy atom. The molecular formula is C26H28FN7O2. The highest BCUT2D eigenvalue weighted by molar-refractivity contribution is 6.04. The number of hydrogen-bond acceptors (Lipinski definition) is 6. The van der Waals surface area contributed by atoms with Crippen LogP contribution in [0, 0.1) is 12.7 Å². The Morgan fingerprint density at radius 2 is 2.11 bits per heavy atom. The van der Waals surface area contributed by atoms with Gasteiger partial charge in [0.15, 0.2) is 5.82 Å². The number of imidazole rings is 1. The molecule has 5 rings (SSSR count). The van der Waals surface area contributed by atoms with Gasteiger partial charge in [-0.3, -0.25) is 4.79 Å². The number of benzene rings is 1. The van der Waals surface area contributed by atoms with Crippen LogP contribution in [0.3, 0.4) is 0 Å². The lowest BCUT2D eigenvalue weighted by Crippen LogP contribution is -2.16. The molecule has 4 heterocycles. The molecule has 1 aliphatic heterocycles. The zero-order valence-corrected chi connectivity index (χ0v) is 20.7. The summed E-state index contributed by atoms with van der Waals surface area (Å²) in [7, 11) is 1.67. The van der Waals surface area contributed by atoms with E-state index in [0.717, 1.165) is 24.4 Å². The van der Waals surface area contributed by atoms with Gasteiger partial charge in [0.05, 0.1) is 35.9 Å². The van der Waals surface area contributed by atoms with Crippen LogP contribution in [-0.4, -0.2) is 48.9 Å². The molecule has 0 saturated heterocycles. The molecule has 0 radical (unpaired) electrons. The molecule has 9 nitrogen and oxygen atoms in total. The molecule has 1 aromatic carbocycles. The molecule has 1 atom stereocenters. The lowest BCUT2D eigenvalue weighted by atomic mass is 10.1. The van der Waals surface area contributed by atoms with Gasteiger partial charge >= 0.3 is 0 Å². The first-order valence-corrected chi connectivity index (χ1v) is 11.9. The molecule has 1 amide bonds. The van der Waals surface area contributed by atoms with Crippen molar-refractivity contribution >= 4 is 11.7 Å². The van der Waals surface area contributed by atoms with Gasteiger partial charge in [0.2, 0.25) is 0 Å². The minimum absolute atomic E-state index is 0.0777. The molecule has 186 valence electrons. The summed E-state index contributed by atoms with van der Waals surface area (Å²) in [6, 6.07) is 8.28. The van der Waals surface area contributed by atoms with E-state index >= 15 is 0 Å². The van der Waals surface area contributed by atoms with Crippen LogP contribution in [0.25, 0.3) is 17.2 Å². The first-order chi connectivity index (χ1) is 17.4. The molecule has 1 aliphatic rings. The molecule has 0 bridgehead atoms. The summed E-state index contributed by atoms with van der Waals surface area (Å²) in [5.74, 6) is 0.855. The van der Waals surface area contributed by atoms with Crippen LogP contribution in [0.1, 0.15) is 59.7 Å². The molecular weight excluding hydrogens is 461 g/mol. The van der Waals surface area contributed by atoms with E-state index in [2.05, 4.69) is 39.3 Å². The summed E-state index contributed by atoms with van der Waals surface area (Å²) in [5.41, 5.74) is 2.79. The summed E-state index contributed by atoms with van der Waals surface area (Å²) in [4.78, 5) is 22.1. The molecule has 3 aromatic heterocycles. The van der Waals surface area contributed by atoms with Gasteiger partial charge in [-0.05, 0) is 49.1 Å². The fourth-order valence-electron chi connectivity index (χ4n) is 4.52. The number of aryl methyl sites for hydroxylation is 2. The van der Waals surface area contributed by atoms with Gasteiger partial charge in [0.25, 0.3) is 5.91 Å². The molecule has 0 saturated carbocycles. The van der Waals surface area contributed by atoms with Gasteiger partial charge in [-0.2, -0.15) is 0 Å². The number of carbonyl (C=O) groups is 1. The van der Waals surface area contributed by atoms with E-state index in [1.54, 1.807) is 32.5 Å². The number of nitrogens with one attached hydrogen (secondary N) is 1. The zero-order chi connectivity index (χ0) is 25.4. The maximum Gasteiger partial charge on any atom is 0.259 e. The number of halogens is 1. The topological polar surface area (TPSA) is 99.8 Å². The third kappa shape index (κ3) is 4.39. The molecule has 0 fully saturated rings. The summed E-state index contributed by atoms with van der Waals surface area (Å²) in [5, 5.41) is 11.3. The van der Waals surface area contributed by atoms with Gasteiger partial charge in [-0.1, -0.05) is 19.9 Å². The predicted molar refractivity (Wildman–Crippen MR) is 133 cm³/mol. The highest BCUT2D eigenvalue weighted by Gasteiger charge is 2.28. The van der Waals surface area contributed by atoms with Crippen LogP contribution in [0.15, 0.2) is 42.9 Å². The molecule has 1 N–H and O–H groups in total. The third-order valence-electron chi connectivity index (χ3n) is 6.41. The standard InChI is InChI=1S/C26H28FN7O2/c1-15(2)21-12-33(14-28-21)22-11-18(19(27)10-16(22)3)26(35)30-23-7-5-6-20(29-23)25-32-31-24-9-8-17(13-36-4)34(24)25/h5-7,10-12,14-15,17H,8-9,13H2,1-4H3,(H,29,30,35)/t17-/m0/s1. The summed E-state index contributed by atoms with van der Waals surface area (Å²) in [6.45, 7) is 6.46. The molecule has 0 unspecified atom stereocenters. The van der Waals surface area contributed by atoms with E-state index in [1.165, 1.54) is 12.1 Å². The second-order valence-corrected chi connectivity index (χ2v) is 9.30. The number of nitrogens with zero attached hydrogens (tertiary/aromatic N) is 6. The fraction of sp³-hybridized carbons (Fsp3) is 0.346. The van der Waals surface area contributed by atoms with Crippen molar-refractivity contribution in [2.75, 3.05) is 19.0 Å².